The van der Waals surface area contributed by atoms with Crippen LogP contribution >= 0.6 is 0 Å². The zero-order valence-electron chi connectivity index (χ0n) is 21.1. The van der Waals surface area contributed by atoms with Crippen LogP contribution in [0.25, 0.3) is 0 Å². The fourth-order valence-electron chi connectivity index (χ4n) is 4.94. The molecule has 0 amide bonds. The van der Waals surface area contributed by atoms with Gasteiger partial charge in [0.05, 0.1) is 43.5 Å². The number of hydrogen-bond acceptors (Lipinski definition) is 9. The van der Waals surface area contributed by atoms with Crippen LogP contribution in [0.4, 0.5) is 11.4 Å². The third-order valence-electron chi connectivity index (χ3n) is 6.86. The molecule has 0 saturated carbocycles. The first-order valence-electron chi connectivity index (χ1n) is 12.0. The van der Waals surface area contributed by atoms with E-state index in [1.807, 2.05) is 18.2 Å². The smallest absolute Gasteiger partial charge is 0.355 e. The van der Waals surface area contributed by atoms with E-state index in [1.54, 1.807) is 43.5 Å². The Balaban J connectivity index is 1.83. The number of anilines is 2. The first-order chi connectivity index (χ1) is 17.9. The van der Waals surface area contributed by atoms with Crippen LogP contribution in [0.5, 0.6) is 0 Å². The van der Waals surface area contributed by atoms with Gasteiger partial charge in [0, 0.05) is 31.6 Å². The molecule has 2 aromatic rings. The minimum absolute atomic E-state index is 0.0167. The summed E-state index contributed by atoms with van der Waals surface area (Å²) in [6.45, 7) is 1.72. The van der Waals surface area contributed by atoms with Crippen molar-refractivity contribution in [1.29, 1.82) is 5.26 Å². The second kappa shape index (κ2) is 11.2. The van der Waals surface area contributed by atoms with Crippen LogP contribution in [0.2, 0.25) is 0 Å². The Hall–Kier alpha value is -4.29. The maximum atomic E-state index is 13.2. The maximum Gasteiger partial charge on any atom is 0.355 e. The molecule has 1 fully saturated rings. The lowest BCUT2D eigenvalue weighted by Gasteiger charge is -2.36. The number of carbonyl (C=O) groups is 2. The SMILES string of the molecule is COC(=O)C1=C(C(=O)OC)N(c2ccc(N3CCC(OC)CC3)cc2)C(N)=C(C#N)C1c1ccccc1. The third-order valence-corrected chi connectivity index (χ3v) is 6.86. The van der Waals surface area contributed by atoms with Crippen LogP contribution in [0, 0.1) is 11.3 Å². The molecule has 0 aliphatic carbocycles. The van der Waals surface area contributed by atoms with Crippen LogP contribution in [-0.2, 0) is 23.8 Å². The third kappa shape index (κ3) is 4.88. The van der Waals surface area contributed by atoms with E-state index in [9.17, 15) is 14.9 Å². The highest BCUT2D eigenvalue weighted by Crippen LogP contribution is 2.43. The number of hydrogen-bond donors (Lipinski definition) is 1. The van der Waals surface area contributed by atoms with Gasteiger partial charge in [-0.05, 0) is 42.7 Å². The van der Waals surface area contributed by atoms with Crippen LogP contribution in [0.15, 0.2) is 77.3 Å². The van der Waals surface area contributed by atoms with Crippen LogP contribution in [0.3, 0.4) is 0 Å². The lowest BCUT2D eigenvalue weighted by Crippen LogP contribution is -2.40. The number of allylic oxidation sites excluding steroid dienone is 1. The predicted octanol–water partition coefficient (Wildman–Crippen LogP) is 3.20. The summed E-state index contributed by atoms with van der Waals surface area (Å²) in [7, 11) is 4.19. The minimum atomic E-state index is -0.898. The van der Waals surface area contributed by atoms with Crippen molar-refractivity contribution in [2.45, 2.75) is 24.9 Å². The molecule has 37 heavy (non-hydrogen) atoms. The largest absolute Gasteiger partial charge is 0.466 e. The molecule has 0 bridgehead atoms. The molecule has 2 aliphatic heterocycles. The zero-order chi connectivity index (χ0) is 26.5. The van der Waals surface area contributed by atoms with Gasteiger partial charge < -0.3 is 24.8 Å². The molecule has 0 spiro atoms. The van der Waals surface area contributed by atoms with E-state index < -0.39 is 17.9 Å². The summed E-state index contributed by atoms with van der Waals surface area (Å²) in [5, 5.41) is 10.1. The Labute approximate surface area is 216 Å². The molecule has 2 heterocycles. The molecule has 9 nitrogen and oxygen atoms in total. The van der Waals surface area contributed by atoms with Gasteiger partial charge in [0.25, 0.3) is 0 Å². The van der Waals surface area contributed by atoms with E-state index in [1.165, 1.54) is 19.1 Å². The van der Waals surface area contributed by atoms with E-state index >= 15 is 0 Å². The van der Waals surface area contributed by atoms with E-state index in [-0.39, 0.29) is 28.8 Å². The van der Waals surface area contributed by atoms with Crippen molar-refractivity contribution >= 4 is 23.3 Å². The summed E-state index contributed by atoms with van der Waals surface area (Å²) < 4.78 is 15.6. The summed E-state index contributed by atoms with van der Waals surface area (Å²) in [4.78, 5) is 30.0. The summed E-state index contributed by atoms with van der Waals surface area (Å²) in [6.07, 6.45) is 2.13. The Bertz CT molecular complexity index is 1260. The van der Waals surface area contributed by atoms with Gasteiger partial charge in [0.15, 0.2) is 0 Å². The molecule has 0 radical (unpaired) electrons. The quantitative estimate of drug-likeness (QED) is 0.594. The zero-order valence-corrected chi connectivity index (χ0v) is 21.1. The fraction of sp³-hybridized carbons (Fsp3) is 0.321. The van der Waals surface area contributed by atoms with Gasteiger partial charge >= 0.3 is 11.9 Å². The molecule has 1 saturated heterocycles. The van der Waals surface area contributed by atoms with Gasteiger partial charge in [0.1, 0.15) is 11.5 Å². The average Bonchev–Trinajstić information content (AvgIpc) is 2.96. The predicted molar refractivity (Wildman–Crippen MR) is 138 cm³/mol. The molecule has 0 aromatic heterocycles. The molecule has 2 aliphatic rings. The maximum absolute atomic E-state index is 13.2. The number of ether oxygens (including phenoxy) is 3. The molecule has 2 aromatic carbocycles. The number of benzene rings is 2. The highest BCUT2D eigenvalue weighted by Gasteiger charge is 2.43. The first-order valence-corrected chi connectivity index (χ1v) is 12.0. The topological polar surface area (TPSA) is 118 Å². The van der Waals surface area contributed by atoms with Gasteiger partial charge in [-0.1, -0.05) is 30.3 Å². The van der Waals surface area contributed by atoms with E-state index in [2.05, 4.69) is 11.0 Å². The Morgan fingerprint density at radius 3 is 2.05 bits per heavy atom. The van der Waals surface area contributed by atoms with Crippen LogP contribution in [0.1, 0.15) is 24.3 Å². The number of piperidine rings is 1. The van der Waals surface area contributed by atoms with Gasteiger partial charge in [-0.2, -0.15) is 5.26 Å². The molecule has 192 valence electrons. The van der Waals surface area contributed by atoms with Gasteiger partial charge in [-0.15, -0.1) is 0 Å². The van der Waals surface area contributed by atoms with E-state index in [4.69, 9.17) is 19.9 Å². The van der Waals surface area contributed by atoms with Gasteiger partial charge in [-0.25, -0.2) is 9.59 Å². The lowest BCUT2D eigenvalue weighted by atomic mass is 9.81. The van der Waals surface area contributed by atoms with Gasteiger partial charge in [0.2, 0.25) is 0 Å². The van der Waals surface area contributed by atoms with Gasteiger partial charge in [-0.3, -0.25) is 4.90 Å². The summed E-state index contributed by atoms with van der Waals surface area (Å²) >= 11 is 0. The van der Waals surface area contributed by atoms with E-state index in [0.717, 1.165) is 31.6 Å². The van der Waals surface area contributed by atoms with Crippen molar-refractivity contribution in [3.63, 3.8) is 0 Å². The number of methoxy groups -OCH3 is 3. The van der Waals surface area contributed by atoms with Crippen LogP contribution < -0.4 is 15.5 Å². The first kappa shape index (κ1) is 25.8. The summed E-state index contributed by atoms with van der Waals surface area (Å²) in [5.41, 5.74) is 8.72. The summed E-state index contributed by atoms with van der Waals surface area (Å²) in [5.74, 6) is -2.38. The van der Waals surface area contributed by atoms with Crippen molar-refractivity contribution in [1.82, 2.24) is 0 Å². The Kier molecular flexibility index (Phi) is 7.80. The highest BCUT2D eigenvalue weighted by atomic mass is 16.5. The second-order valence-corrected chi connectivity index (χ2v) is 8.77. The number of nitrogens with two attached hydrogens (primary N) is 1. The highest BCUT2D eigenvalue weighted by molar-refractivity contribution is 6.06. The van der Waals surface area contributed by atoms with Crippen molar-refractivity contribution < 1.29 is 23.8 Å². The number of nitriles is 1. The minimum Gasteiger partial charge on any atom is -0.466 e. The molecule has 9 heteroatoms. The Morgan fingerprint density at radius 1 is 0.919 bits per heavy atom. The van der Waals surface area contributed by atoms with E-state index in [0.29, 0.717) is 11.3 Å². The Morgan fingerprint density at radius 2 is 1.51 bits per heavy atom. The standard InChI is InChI=1S/C28H30N4O5/c1-35-21-13-15-31(16-14-21)19-9-11-20(12-10-19)32-25(28(34)37-3)24(27(33)36-2)23(22(17-29)26(32)30)18-7-5-4-6-8-18/h4-12,21,23H,13-16,30H2,1-3H3. The van der Waals surface area contributed by atoms with Crippen molar-refractivity contribution in [3.8, 4) is 6.07 Å². The molecular formula is C28H30N4O5. The number of nitrogens with zero attached hydrogens (tertiary/aromatic N) is 3. The van der Waals surface area contributed by atoms with Crippen molar-refractivity contribution in [3.05, 3.63) is 82.8 Å². The van der Waals surface area contributed by atoms with Crippen molar-refractivity contribution in [2.24, 2.45) is 5.73 Å². The normalized spacial score (nSPS) is 18.5. The van der Waals surface area contributed by atoms with Crippen molar-refractivity contribution in [2.75, 3.05) is 44.2 Å². The molecule has 4 rings (SSSR count). The number of carbonyl (C=O) groups excluding carboxylic acids is 2. The number of rotatable bonds is 6. The molecule has 1 unspecified atom stereocenters. The molecule has 1 atom stereocenters. The lowest BCUT2D eigenvalue weighted by molar-refractivity contribution is -0.139. The fourth-order valence-corrected chi connectivity index (χ4v) is 4.94. The average molecular weight is 503 g/mol. The monoisotopic (exact) mass is 502 g/mol. The number of esters is 2. The molecular weight excluding hydrogens is 472 g/mol. The summed E-state index contributed by atoms with van der Waals surface area (Å²) in [6, 6.07) is 18.6. The van der Waals surface area contributed by atoms with Crippen LogP contribution in [-0.4, -0.2) is 52.5 Å². The molecule has 2 N–H and O–H groups in total. The second-order valence-electron chi connectivity index (χ2n) is 8.77.